The summed E-state index contributed by atoms with van der Waals surface area (Å²) in [5, 5.41) is 3.15. The molecule has 1 N–H and O–H groups in total. The number of nitrogens with one attached hydrogen (secondary N) is 1. The van der Waals surface area contributed by atoms with Crippen LogP contribution >= 0.6 is 0 Å². The lowest BCUT2D eigenvalue weighted by atomic mass is 9.75. The van der Waals surface area contributed by atoms with Crippen molar-refractivity contribution in [2.45, 2.75) is 33.2 Å². The van der Waals surface area contributed by atoms with Crippen molar-refractivity contribution in [3.63, 3.8) is 0 Å². The summed E-state index contributed by atoms with van der Waals surface area (Å²) < 4.78 is 9.73. The number of ether oxygens (including phenoxy) is 2. The predicted molar refractivity (Wildman–Crippen MR) is 135 cm³/mol. The zero-order chi connectivity index (χ0) is 25.0. The Kier molecular flexibility index (Phi) is 10.6. The van der Waals surface area contributed by atoms with E-state index in [0.29, 0.717) is 11.3 Å². The maximum Gasteiger partial charge on any atom is 0.513 e. The van der Waals surface area contributed by atoms with Crippen LogP contribution in [0.3, 0.4) is 0 Å². The fraction of sp³-hybridized carbons (Fsp3) is 0.214. The van der Waals surface area contributed by atoms with Crippen molar-refractivity contribution in [2.75, 3.05) is 7.11 Å². The third-order valence-electron chi connectivity index (χ3n) is 5.14. The van der Waals surface area contributed by atoms with Gasteiger partial charge < -0.3 is 14.8 Å². The summed E-state index contributed by atoms with van der Waals surface area (Å²) in [5.74, 6) is 0.0704. The Bertz CT molecular complexity index is 1030. The lowest BCUT2D eigenvalue weighted by molar-refractivity contribution is -0.116. The third kappa shape index (κ3) is 6.10. The minimum absolute atomic E-state index is 0.231. The summed E-state index contributed by atoms with van der Waals surface area (Å²) in [5.41, 5.74) is 2.71. The molecule has 0 aliphatic carbocycles. The van der Waals surface area contributed by atoms with Crippen molar-refractivity contribution < 1.29 is 19.1 Å². The van der Waals surface area contributed by atoms with Gasteiger partial charge in [0.15, 0.2) is 0 Å². The molecule has 1 rings (SSSR count). The van der Waals surface area contributed by atoms with Gasteiger partial charge in [-0.05, 0) is 62.6 Å². The van der Waals surface area contributed by atoms with E-state index in [1.54, 1.807) is 49.5 Å². The largest absolute Gasteiger partial charge is 0.513 e. The van der Waals surface area contributed by atoms with Gasteiger partial charge in [0.1, 0.15) is 11.3 Å². The van der Waals surface area contributed by atoms with Crippen LogP contribution in [0.2, 0.25) is 0 Å². The fourth-order valence-corrected chi connectivity index (χ4v) is 3.48. The topological polar surface area (TPSA) is 64.6 Å². The molecule has 0 aromatic heterocycles. The van der Waals surface area contributed by atoms with Gasteiger partial charge in [0.25, 0.3) is 5.91 Å². The summed E-state index contributed by atoms with van der Waals surface area (Å²) in [6, 6.07) is 0. The van der Waals surface area contributed by atoms with E-state index >= 15 is 0 Å². The van der Waals surface area contributed by atoms with Gasteiger partial charge in [-0.3, -0.25) is 4.79 Å². The molecule has 0 aromatic rings. The molecule has 1 aliphatic rings. The first-order valence-electron chi connectivity index (χ1n) is 10.5. The minimum Gasteiger partial charge on any atom is -0.437 e. The van der Waals surface area contributed by atoms with Crippen molar-refractivity contribution >= 4 is 12.1 Å². The number of hydrogen-bond acceptors (Lipinski definition) is 4. The molecule has 5 heteroatoms. The molecular weight excluding hydrogens is 414 g/mol. The zero-order valence-electron chi connectivity index (χ0n) is 20.1. The van der Waals surface area contributed by atoms with Gasteiger partial charge in [-0.2, -0.15) is 0 Å². The molecule has 5 nitrogen and oxygen atoms in total. The predicted octanol–water partition coefficient (Wildman–Crippen LogP) is 6.35. The van der Waals surface area contributed by atoms with Crippen molar-refractivity contribution in [3.8, 4) is 0 Å². The molecule has 1 atom stereocenters. The van der Waals surface area contributed by atoms with E-state index in [1.165, 1.54) is 7.11 Å². The van der Waals surface area contributed by atoms with Gasteiger partial charge in [0.2, 0.25) is 0 Å². The molecular formula is C28H33NO4. The lowest BCUT2D eigenvalue weighted by Crippen LogP contribution is -2.45. The molecule has 174 valence electrons. The van der Waals surface area contributed by atoms with E-state index in [2.05, 4.69) is 29.8 Å². The summed E-state index contributed by atoms with van der Waals surface area (Å²) in [6.45, 7) is 19.0. The Morgan fingerprint density at radius 3 is 2.18 bits per heavy atom. The van der Waals surface area contributed by atoms with Crippen molar-refractivity contribution in [2.24, 2.45) is 0 Å². The number of carbonyl (C=O) groups excluding carboxylic acids is 2. The van der Waals surface area contributed by atoms with Crippen molar-refractivity contribution in [1.29, 1.82) is 0 Å². The second kappa shape index (κ2) is 12.9. The second-order valence-electron chi connectivity index (χ2n) is 6.99. The monoisotopic (exact) mass is 447 g/mol. The van der Waals surface area contributed by atoms with Crippen LogP contribution in [0.15, 0.2) is 120 Å². The van der Waals surface area contributed by atoms with Gasteiger partial charge in [-0.1, -0.05) is 73.9 Å². The molecule has 1 heterocycles. The highest BCUT2D eigenvalue weighted by atomic mass is 16.7. The molecule has 33 heavy (non-hydrogen) atoms. The van der Waals surface area contributed by atoms with Gasteiger partial charge >= 0.3 is 6.16 Å². The Hall–Kier alpha value is -3.86. The molecule has 1 amide bonds. The van der Waals surface area contributed by atoms with E-state index in [0.717, 1.165) is 22.3 Å². The third-order valence-corrected chi connectivity index (χ3v) is 5.14. The SMILES string of the molecule is C=C/C=C1/C(=O)NC(/C(C=C)=C/C=C(/C)C=C)(C(/C=C\C(=C/C)OC(=O)OC)=C/C)/C1=C/C. The Balaban J connectivity index is 3.84. The highest BCUT2D eigenvalue weighted by Crippen LogP contribution is 2.43. The van der Waals surface area contributed by atoms with Crippen LogP contribution < -0.4 is 5.32 Å². The molecule has 0 saturated carbocycles. The molecule has 1 aliphatic heterocycles. The maximum atomic E-state index is 13.1. The average molecular weight is 448 g/mol. The first kappa shape index (κ1) is 27.2. The van der Waals surface area contributed by atoms with Crippen LogP contribution in [0.4, 0.5) is 4.79 Å². The molecule has 0 spiro atoms. The lowest BCUT2D eigenvalue weighted by Gasteiger charge is -2.34. The second-order valence-corrected chi connectivity index (χ2v) is 6.99. The normalized spacial score (nSPS) is 22.5. The van der Waals surface area contributed by atoms with E-state index in [9.17, 15) is 9.59 Å². The van der Waals surface area contributed by atoms with Gasteiger partial charge in [-0.15, -0.1) is 0 Å². The summed E-state index contributed by atoms with van der Waals surface area (Å²) in [7, 11) is 1.24. The smallest absolute Gasteiger partial charge is 0.437 e. The number of amides is 1. The standard InChI is InChI=1S/C28H33NO4/c1-9-15-24-25(14-6)28(29-26(24)30,21(11-3)17-16-20(7)10-2)22(12-4)18-19-23(13-5)33-27(31)32-8/h9-19H,1-3H2,4-8H3,(H,29,30)/b19-18-,20-16-,21-17+,22-12+,23-13+,24-15+,25-14+. The van der Waals surface area contributed by atoms with E-state index in [4.69, 9.17) is 4.74 Å². The zero-order valence-corrected chi connectivity index (χ0v) is 20.1. The van der Waals surface area contributed by atoms with Crippen LogP contribution in [-0.4, -0.2) is 24.7 Å². The first-order valence-corrected chi connectivity index (χ1v) is 10.5. The molecule has 1 saturated heterocycles. The number of carbonyl (C=O) groups is 2. The number of hydrogen-bond donors (Lipinski definition) is 1. The van der Waals surface area contributed by atoms with E-state index in [-0.39, 0.29) is 5.91 Å². The summed E-state index contributed by atoms with van der Waals surface area (Å²) in [6.07, 6.45) is 18.6. The average Bonchev–Trinajstić information content (AvgIpc) is 3.10. The Morgan fingerprint density at radius 2 is 1.70 bits per heavy atom. The van der Waals surface area contributed by atoms with Gasteiger partial charge in [0, 0.05) is 5.57 Å². The van der Waals surface area contributed by atoms with Crippen LogP contribution in [0.25, 0.3) is 0 Å². The van der Waals surface area contributed by atoms with Crippen molar-refractivity contribution in [1.82, 2.24) is 5.32 Å². The maximum absolute atomic E-state index is 13.1. The molecule has 0 aromatic carbocycles. The van der Waals surface area contributed by atoms with E-state index < -0.39 is 11.7 Å². The molecule has 1 fully saturated rings. The van der Waals surface area contributed by atoms with Crippen LogP contribution in [0.5, 0.6) is 0 Å². The number of methoxy groups -OCH3 is 1. The van der Waals surface area contributed by atoms with Crippen LogP contribution in [0, 0.1) is 0 Å². The van der Waals surface area contributed by atoms with Gasteiger partial charge in [0.05, 0.1) is 7.11 Å². The Morgan fingerprint density at radius 1 is 1.00 bits per heavy atom. The van der Waals surface area contributed by atoms with Crippen molar-refractivity contribution in [3.05, 3.63) is 120 Å². The van der Waals surface area contributed by atoms with E-state index in [1.807, 2.05) is 45.1 Å². The van der Waals surface area contributed by atoms with Crippen LogP contribution in [0.1, 0.15) is 27.7 Å². The van der Waals surface area contributed by atoms with Crippen LogP contribution in [-0.2, 0) is 14.3 Å². The number of allylic oxidation sites excluding steroid dienone is 10. The first-order chi connectivity index (χ1) is 15.8. The Labute approximate surface area is 197 Å². The molecule has 0 radical (unpaired) electrons. The molecule has 1 unspecified atom stereocenters. The quantitative estimate of drug-likeness (QED) is 0.194. The minimum atomic E-state index is -1.02. The summed E-state index contributed by atoms with van der Waals surface area (Å²) in [4.78, 5) is 24.6. The number of rotatable bonds is 9. The molecule has 0 bridgehead atoms. The highest BCUT2D eigenvalue weighted by Gasteiger charge is 2.48. The van der Waals surface area contributed by atoms with Gasteiger partial charge in [-0.25, -0.2) is 4.79 Å². The highest BCUT2D eigenvalue weighted by molar-refractivity contribution is 6.05. The summed E-state index contributed by atoms with van der Waals surface area (Å²) >= 11 is 0. The fourth-order valence-electron chi connectivity index (χ4n) is 3.48.